The fourth-order valence-electron chi connectivity index (χ4n) is 1.79. The number of carboxylic acids is 1. The van der Waals surface area contributed by atoms with E-state index in [0.29, 0.717) is 6.54 Å². The van der Waals surface area contributed by atoms with Gasteiger partial charge in [0.1, 0.15) is 5.01 Å². The Morgan fingerprint density at radius 1 is 1.40 bits per heavy atom. The van der Waals surface area contributed by atoms with Gasteiger partial charge in [-0.25, -0.2) is 4.98 Å². The van der Waals surface area contributed by atoms with E-state index in [1.54, 1.807) is 22.7 Å². The molecule has 6 heteroatoms. The average Bonchev–Trinajstić information content (AvgIpc) is 2.95. The molecule has 0 atom stereocenters. The van der Waals surface area contributed by atoms with Gasteiger partial charge in [-0.3, -0.25) is 9.69 Å². The number of carboxylic acid groups (broad SMARTS) is 1. The number of carbonyl (C=O) groups is 1. The quantitative estimate of drug-likeness (QED) is 0.917. The molecule has 0 aromatic carbocycles. The maximum atomic E-state index is 11.0. The van der Waals surface area contributed by atoms with Gasteiger partial charge in [0.2, 0.25) is 0 Å². The molecule has 0 bridgehead atoms. The minimum atomic E-state index is -0.812. The van der Waals surface area contributed by atoms with Crippen molar-refractivity contribution in [3.8, 4) is 10.6 Å². The van der Waals surface area contributed by atoms with Crippen molar-refractivity contribution in [1.82, 2.24) is 9.88 Å². The van der Waals surface area contributed by atoms with E-state index in [0.717, 1.165) is 16.3 Å². The van der Waals surface area contributed by atoms with Crippen molar-refractivity contribution < 1.29 is 9.90 Å². The summed E-state index contributed by atoms with van der Waals surface area (Å²) in [7, 11) is 0. The molecular formula is C14H18N2O2S2. The number of hydrogen-bond acceptors (Lipinski definition) is 5. The van der Waals surface area contributed by atoms with Crippen molar-refractivity contribution >= 4 is 28.6 Å². The monoisotopic (exact) mass is 310 g/mol. The third-order valence-electron chi connectivity index (χ3n) is 2.95. The highest BCUT2D eigenvalue weighted by molar-refractivity contribution is 7.14. The van der Waals surface area contributed by atoms with E-state index in [-0.39, 0.29) is 12.1 Å². The van der Waals surface area contributed by atoms with Crippen LogP contribution in [0.5, 0.6) is 0 Å². The van der Waals surface area contributed by atoms with Crippen LogP contribution in [0.1, 0.15) is 26.5 Å². The lowest BCUT2D eigenvalue weighted by atomic mass is 10.1. The first kappa shape index (κ1) is 15.2. The summed E-state index contributed by atoms with van der Waals surface area (Å²) in [6.45, 7) is 6.62. The van der Waals surface area contributed by atoms with Gasteiger partial charge in [-0.15, -0.1) is 11.3 Å². The first-order valence-electron chi connectivity index (χ1n) is 6.30. The van der Waals surface area contributed by atoms with Crippen molar-refractivity contribution in [3.63, 3.8) is 0 Å². The number of aliphatic carboxylic acids is 1. The Morgan fingerprint density at radius 3 is 2.70 bits per heavy atom. The Balaban J connectivity index is 2.13. The van der Waals surface area contributed by atoms with E-state index in [1.807, 2.05) is 42.5 Å². The van der Waals surface area contributed by atoms with Crippen molar-refractivity contribution in [2.75, 3.05) is 6.54 Å². The summed E-state index contributed by atoms with van der Waals surface area (Å²) in [5.74, 6) is -0.812. The van der Waals surface area contributed by atoms with Crippen LogP contribution in [0.3, 0.4) is 0 Å². The molecule has 108 valence electrons. The zero-order chi connectivity index (χ0) is 14.8. The van der Waals surface area contributed by atoms with Gasteiger partial charge in [-0.1, -0.05) is 0 Å². The number of rotatable bonds is 5. The Hall–Kier alpha value is -1.24. The van der Waals surface area contributed by atoms with Gasteiger partial charge in [0, 0.05) is 28.4 Å². The molecule has 0 saturated heterocycles. The zero-order valence-electron chi connectivity index (χ0n) is 11.8. The van der Waals surface area contributed by atoms with Crippen LogP contribution in [0.25, 0.3) is 10.6 Å². The number of nitrogens with zero attached hydrogens (tertiary/aromatic N) is 2. The summed E-state index contributed by atoms with van der Waals surface area (Å²) in [5.41, 5.74) is 1.85. The summed E-state index contributed by atoms with van der Waals surface area (Å²) >= 11 is 3.25. The predicted molar refractivity (Wildman–Crippen MR) is 83.2 cm³/mol. The van der Waals surface area contributed by atoms with Crippen molar-refractivity contribution in [1.29, 1.82) is 0 Å². The number of thiazole rings is 1. The third-order valence-corrected chi connectivity index (χ3v) is 4.57. The Kier molecular flexibility index (Phi) is 4.57. The Morgan fingerprint density at radius 2 is 2.15 bits per heavy atom. The fourth-order valence-corrected chi connectivity index (χ4v) is 3.31. The SMILES string of the molecule is CC(C)(C)N(CC(=O)O)Cc1csc(-c2ccsc2)n1. The molecule has 0 radical (unpaired) electrons. The molecule has 0 spiro atoms. The lowest BCUT2D eigenvalue weighted by Crippen LogP contribution is -2.43. The highest BCUT2D eigenvalue weighted by atomic mass is 32.1. The van der Waals surface area contributed by atoms with Gasteiger partial charge in [0.05, 0.1) is 12.2 Å². The molecule has 4 nitrogen and oxygen atoms in total. The van der Waals surface area contributed by atoms with E-state index in [1.165, 1.54) is 0 Å². The summed E-state index contributed by atoms with van der Waals surface area (Å²) in [4.78, 5) is 17.5. The molecule has 0 fully saturated rings. The summed E-state index contributed by atoms with van der Waals surface area (Å²) in [6.07, 6.45) is 0. The van der Waals surface area contributed by atoms with Gasteiger partial charge in [-0.05, 0) is 32.2 Å². The molecule has 2 aromatic rings. The third kappa shape index (κ3) is 3.88. The second-order valence-corrected chi connectivity index (χ2v) is 7.21. The second kappa shape index (κ2) is 6.03. The van der Waals surface area contributed by atoms with Gasteiger partial charge in [0.15, 0.2) is 0 Å². The van der Waals surface area contributed by atoms with Crippen LogP contribution >= 0.6 is 22.7 Å². The normalized spacial score (nSPS) is 12.0. The molecule has 20 heavy (non-hydrogen) atoms. The van der Waals surface area contributed by atoms with Crippen molar-refractivity contribution in [2.45, 2.75) is 32.9 Å². The molecule has 2 aromatic heterocycles. The van der Waals surface area contributed by atoms with Crippen LogP contribution in [0.2, 0.25) is 0 Å². The number of aromatic nitrogens is 1. The lowest BCUT2D eigenvalue weighted by molar-refractivity contribution is -0.139. The van der Waals surface area contributed by atoms with Crippen molar-refractivity contribution in [2.24, 2.45) is 0 Å². The minimum absolute atomic E-state index is 0.0226. The first-order chi connectivity index (χ1) is 9.36. The van der Waals surface area contributed by atoms with Crippen LogP contribution in [0, 0.1) is 0 Å². The summed E-state index contributed by atoms with van der Waals surface area (Å²) < 4.78 is 0. The smallest absolute Gasteiger partial charge is 0.317 e. The topological polar surface area (TPSA) is 53.4 Å². The summed E-state index contributed by atoms with van der Waals surface area (Å²) in [5, 5.41) is 16.1. The average molecular weight is 310 g/mol. The van der Waals surface area contributed by atoms with Gasteiger partial charge < -0.3 is 5.11 Å². The predicted octanol–water partition coefficient (Wildman–Crippen LogP) is 3.56. The molecule has 0 aliphatic rings. The van der Waals surface area contributed by atoms with E-state index in [4.69, 9.17) is 5.11 Å². The standard InChI is InChI=1S/C14H18N2O2S2/c1-14(2,3)16(7-12(17)18)6-11-9-20-13(15-11)10-4-5-19-8-10/h4-5,8-9H,6-7H2,1-3H3,(H,17,18). The highest BCUT2D eigenvalue weighted by Crippen LogP contribution is 2.27. The minimum Gasteiger partial charge on any atom is -0.480 e. The maximum Gasteiger partial charge on any atom is 0.317 e. The van der Waals surface area contributed by atoms with Gasteiger partial charge in [0.25, 0.3) is 0 Å². The molecule has 0 unspecified atom stereocenters. The van der Waals surface area contributed by atoms with Gasteiger partial charge in [-0.2, -0.15) is 11.3 Å². The molecule has 2 heterocycles. The molecule has 0 saturated carbocycles. The first-order valence-corrected chi connectivity index (χ1v) is 8.12. The van der Waals surface area contributed by atoms with Crippen LogP contribution in [0.15, 0.2) is 22.2 Å². The molecule has 0 aliphatic heterocycles. The van der Waals surface area contributed by atoms with Crippen LogP contribution < -0.4 is 0 Å². The fraction of sp³-hybridized carbons (Fsp3) is 0.429. The van der Waals surface area contributed by atoms with Crippen LogP contribution in [-0.2, 0) is 11.3 Å². The maximum absolute atomic E-state index is 11.0. The van der Waals surface area contributed by atoms with Crippen LogP contribution in [0.4, 0.5) is 0 Å². The van der Waals surface area contributed by atoms with E-state index >= 15 is 0 Å². The van der Waals surface area contributed by atoms with Crippen molar-refractivity contribution in [3.05, 3.63) is 27.9 Å². The molecule has 1 N–H and O–H groups in total. The largest absolute Gasteiger partial charge is 0.480 e. The van der Waals surface area contributed by atoms with E-state index in [2.05, 4.69) is 10.4 Å². The van der Waals surface area contributed by atoms with E-state index < -0.39 is 5.97 Å². The lowest BCUT2D eigenvalue weighted by Gasteiger charge is -2.33. The second-order valence-electron chi connectivity index (χ2n) is 5.58. The number of hydrogen-bond donors (Lipinski definition) is 1. The summed E-state index contributed by atoms with van der Waals surface area (Å²) in [6, 6.07) is 2.05. The molecular weight excluding hydrogens is 292 g/mol. The Labute approximate surface area is 126 Å². The van der Waals surface area contributed by atoms with Gasteiger partial charge >= 0.3 is 5.97 Å². The zero-order valence-corrected chi connectivity index (χ0v) is 13.4. The highest BCUT2D eigenvalue weighted by Gasteiger charge is 2.24. The van der Waals surface area contributed by atoms with E-state index in [9.17, 15) is 4.79 Å². The Bertz CT molecular complexity index is 570. The number of thiophene rings is 1. The molecule has 2 rings (SSSR count). The molecule has 0 aliphatic carbocycles. The van der Waals surface area contributed by atoms with Crippen LogP contribution in [-0.4, -0.2) is 33.0 Å². The molecule has 0 amide bonds.